The summed E-state index contributed by atoms with van der Waals surface area (Å²) in [6, 6.07) is -0.549. The van der Waals surface area contributed by atoms with Gasteiger partial charge in [-0.15, -0.1) is 0 Å². The van der Waals surface area contributed by atoms with E-state index in [1.54, 1.807) is 21.1 Å². The average molecular weight is 276 g/mol. The van der Waals surface area contributed by atoms with Crippen molar-refractivity contribution in [2.45, 2.75) is 25.8 Å². The predicted molar refractivity (Wildman–Crippen MR) is 74.0 cm³/mol. The molecule has 2 N–H and O–H groups in total. The molecule has 0 aromatic rings. The Morgan fingerprint density at radius 2 is 1.84 bits per heavy atom. The highest BCUT2D eigenvalue weighted by molar-refractivity contribution is 5.75. The number of nitrogens with zero attached hydrogens (tertiary/aromatic N) is 1. The fourth-order valence-corrected chi connectivity index (χ4v) is 1.68. The van der Waals surface area contributed by atoms with Crippen LogP contribution in [0.1, 0.15) is 19.8 Å². The lowest BCUT2D eigenvalue weighted by Crippen LogP contribution is -2.38. The summed E-state index contributed by atoms with van der Waals surface area (Å²) in [5.74, 6) is -0.328. The molecule has 0 saturated carbocycles. The second kappa shape index (κ2) is 12.3. The maximum absolute atomic E-state index is 11.4. The smallest absolute Gasteiger partial charge is 0.322 e. The molecule has 0 spiro atoms. The number of hydrogen-bond acceptors (Lipinski definition) is 6. The van der Waals surface area contributed by atoms with E-state index in [1.165, 1.54) is 0 Å². The Balaban J connectivity index is 3.97. The standard InChI is InChI=1S/C13H28N2O4/c1-4-19-13(16)12(14)6-8-15(9-11-18-3)7-5-10-17-2/h12H,4-11,14H2,1-3H3. The highest BCUT2D eigenvalue weighted by Gasteiger charge is 2.16. The average Bonchev–Trinajstić information content (AvgIpc) is 2.41. The monoisotopic (exact) mass is 276 g/mol. The van der Waals surface area contributed by atoms with Crippen molar-refractivity contribution in [3.8, 4) is 0 Å². The molecule has 0 bridgehead atoms. The third-order valence-corrected chi connectivity index (χ3v) is 2.78. The third-order valence-electron chi connectivity index (χ3n) is 2.78. The quantitative estimate of drug-likeness (QED) is 0.407. The van der Waals surface area contributed by atoms with E-state index in [0.717, 1.165) is 32.7 Å². The first-order valence-electron chi connectivity index (χ1n) is 6.78. The molecule has 0 amide bonds. The van der Waals surface area contributed by atoms with Crippen LogP contribution in [-0.4, -0.2) is 70.6 Å². The summed E-state index contributed by atoms with van der Waals surface area (Å²) in [4.78, 5) is 13.6. The second-order valence-electron chi connectivity index (χ2n) is 4.33. The second-order valence-corrected chi connectivity index (χ2v) is 4.33. The van der Waals surface area contributed by atoms with Crippen LogP contribution < -0.4 is 5.73 Å². The molecule has 6 heteroatoms. The van der Waals surface area contributed by atoms with Crippen molar-refractivity contribution in [1.82, 2.24) is 4.90 Å². The number of carbonyl (C=O) groups excluding carboxylic acids is 1. The largest absolute Gasteiger partial charge is 0.465 e. The zero-order valence-corrected chi connectivity index (χ0v) is 12.4. The lowest BCUT2D eigenvalue weighted by atomic mass is 10.2. The normalized spacial score (nSPS) is 12.7. The van der Waals surface area contributed by atoms with Crippen LogP contribution in [0.25, 0.3) is 0 Å². The number of rotatable bonds is 12. The van der Waals surface area contributed by atoms with E-state index in [-0.39, 0.29) is 5.97 Å². The van der Waals surface area contributed by atoms with Crippen LogP contribution >= 0.6 is 0 Å². The van der Waals surface area contributed by atoms with Crippen LogP contribution in [0, 0.1) is 0 Å². The lowest BCUT2D eigenvalue weighted by Gasteiger charge is -2.23. The highest BCUT2D eigenvalue weighted by atomic mass is 16.5. The SMILES string of the molecule is CCOC(=O)C(N)CCN(CCCOC)CCOC. The summed E-state index contributed by atoms with van der Waals surface area (Å²) in [6.45, 7) is 6.04. The summed E-state index contributed by atoms with van der Waals surface area (Å²) >= 11 is 0. The topological polar surface area (TPSA) is 74.0 Å². The van der Waals surface area contributed by atoms with Crippen molar-refractivity contribution in [3.63, 3.8) is 0 Å². The van der Waals surface area contributed by atoms with Gasteiger partial charge in [-0.1, -0.05) is 0 Å². The Morgan fingerprint density at radius 1 is 1.16 bits per heavy atom. The van der Waals surface area contributed by atoms with E-state index >= 15 is 0 Å². The first-order valence-corrected chi connectivity index (χ1v) is 6.78. The summed E-state index contributed by atoms with van der Waals surface area (Å²) < 4.78 is 15.0. The fraction of sp³-hybridized carbons (Fsp3) is 0.923. The number of nitrogens with two attached hydrogens (primary N) is 1. The molecule has 6 nitrogen and oxygen atoms in total. The lowest BCUT2D eigenvalue weighted by molar-refractivity contribution is -0.144. The van der Waals surface area contributed by atoms with E-state index in [9.17, 15) is 4.79 Å². The molecule has 0 aliphatic rings. The van der Waals surface area contributed by atoms with Crippen LogP contribution in [0.2, 0.25) is 0 Å². The molecule has 114 valence electrons. The molecular weight excluding hydrogens is 248 g/mol. The molecule has 0 aromatic carbocycles. The highest BCUT2D eigenvalue weighted by Crippen LogP contribution is 1.99. The Kier molecular flexibility index (Phi) is 11.9. The number of hydrogen-bond donors (Lipinski definition) is 1. The zero-order chi connectivity index (χ0) is 14.5. The molecule has 1 atom stereocenters. The first kappa shape index (κ1) is 18.3. The summed E-state index contributed by atoms with van der Waals surface area (Å²) in [5.41, 5.74) is 5.78. The molecule has 0 saturated heterocycles. The van der Waals surface area contributed by atoms with Gasteiger partial charge in [-0.3, -0.25) is 4.79 Å². The van der Waals surface area contributed by atoms with Gasteiger partial charge in [0.05, 0.1) is 13.2 Å². The Morgan fingerprint density at radius 3 is 2.42 bits per heavy atom. The van der Waals surface area contributed by atoms with Crippen LogP contribution in [0.15, 0.2) is 0 Å². The summed E-state index contributed by atoms with van der Waals surface area (Å²) in [7, 11) is 3.37. The van der Waals surface area contributed by atoms with E-state index in [2.05, 4.69) is 4.90 Å². The van der Waals surface area contributed by atoms with Crippen molar-refractivity contribution in [3.05, 3.63) is 0 Å². The molecule has 0 fully saturated rings. The van der Waals surface area contributed by atoms with Gasteiger partial charge in [0.15, 0.2) is 0 Å². The maximum atomic E-state index is 11.4. The number of carbonyl (C=O) groups is 1. The number of ether oxygens (including phenoxy) is 3. The van der Waals surface area contributed by atoms with Crippen LogP contribution in [0.3, 0.4) is 0 Å². The molecular formula is C13H28N2O4. The van der Waals surface area contributed by atoms with Crippen molar-refractivity contribution < 1.29 is 19.0 Å². The fourth-order valence-electron chi connectivity index (χ4n) is 1.68. The van der Waals surface area contributed by atoms with Crippen LogP contribution in [0.5, 0.6) is 0 Å². The molecule has 0 rings (SSSR count). The molecule has 19 heavy (non-hydrogen) atoms. The molecule has 0 radical (unpaired) electrons. The van der Waals surface area contributed by atoms with E-state index < -0.39 is 6.04 Å². The van der Waals surface area contributed by atoms with E-state index in [0.29, 0.717) is 19.6 Å². The minimum Gasteiger partial charge on any atom is -0.465 e. The Hall–Kier alpha value is -0.690. The van der Waals surface area contributed by atoms with Crippen molar-refractivity contribution in [2.24, 2.45) is 5.73 Å². The Labute approximate surface area is 116 Å². The molecule has 0 heterocycles. The zero-order valence-electron chi connectivity index (χ0n) is 12.4. The van der Waals surface area contributed by atoms with Gasteiger partial charge in [0.25, 0.3) is 0 Å². The van der Waals surface area contributed by atoms with Gasteiger partial charge in [0.1, 0.15) is 6.04 Å². The van der Waals surface area contributed by atoms with E-state index in [1.807, 2.05) is 0 Å². The minimum absolute atomic E-state index is 0.328. The van der Waals surface area contributed by atoms with Gasteiger partial charge in [0, 0.05) is 40.5 Å². The van der Waals surface area contributed by atoms with Gasteiger partial charge in [-0.25, -0.2) is 0 Å². The Bertz CT molecular complexity index is 227. The molecule has 0 aliphatic carbocycles. The molecule has 0 aliphatic heterocycles. The summed E-state index contributed by atoms with van der Waals surface area (Å²) in [6.07, 6.45) is 1.55. The molecule has 0 aromatic heterocycles. The summed E-state index contributed by atoms with van der Waals surface area (Å²) in [5, 5.41) is 0. The minimum atomic E-state index is -0.549. The van der Waals surface area contributed by atoms with Crippen molar-refractivity contribution in [2.75, 3.05) is 53.7 Å². The maximum Gasteiger partial charge on any atom is 0.322 e. The first-order chi connectivity index (χ1) is 9.15. The van der Waals surface area contributed by atoms with Gasteiger partial charge >= 0.3 is 5.97 Å². The van der Waals surface area contributed by atoms with Gasteiger partial charge in [0.2, 0.25) is 0 Å². The predicted octanol–water partition coefficient (Wildman–Crippen LogP) is 0.252. The van der Waals surface area contributed by atoms with Gasteiger partial charge in [-0.2, -0.15) is 0 Å². The third kappa shape index (κ3) is 9.84. The number of methoxy groups -OCH3 is 2. The van der Waals surface area contributed by atoms with Gasteiger partial charge < -0.3 is 24.8 Å². The van der Waals surface area contributed by atoms with Crippen LogP contribution in [-0.2, 0) is 19.0 Å². The number of esters is 1. The van der Waals surface area contributed by atoms with Crippen molar-refractivity contribution >= 4 is 5.97 Å². The van der Waals surface area contributed by atoms with E-state index in [4.69, 9.17) is 19.9 Å². The van der Waals surface area contributed by atoms with Crippen molar-refractivity contribution in [1.29, 1.82) is 0 Å². The molecule has 1 unspecified atom stereocenters. The van der Waals surface area contributed by atoms with Gasteiger partial charge in [-0.05, 0) is 19.8 Å². The van der Waals surface area contributed by atoms with Crippen LogP contribution in [0.4, 0.5) is 0 Å².